The molecule has 0 radical (unpaired) electrons. The second-order valence-corrected chi connectivity index (χ2v) is 9.01. The van der Waals surface area contributed by atoms with E-state index in [1.165, 1.54) is 6.07 Å². The van der Waals surface area contributed by atoms with Gasteiger partial charge in [-0.25, -0.2) is 13.2 Å². The van der Waals surface area contributed by atoms with Crippen LogP contribution in [-0.2, 0) is 4.79 Å². The fourth-order valence-corrected chi connectivity index (χ4v) is 4.31. The van der Waals surface area contributed by atoms with Gasteiger partial charge in [-0.15, -0.1) is 0 Å². The fourth-order valence-electron chi connectivity index (χ4n) is 4.31. The molecule has 1 atom stereocenters. The Balaban J connectivity index is 2.43. The van der Waals surface area contributed by atoms with Gasteiger partial charge in [-0.1, -0.05) is 25.2 Å². The first-order valence-electron chi connectivity index (χ1n) is 11.8. The van der Waals surface area contributed by atoms with Gasteiger partial charge in [-0.05, 0) is 25.8 Å². The number of hydrogen-bond donors (Lipinski definition) is 5. The first-order valence-corrected chi connectivity index (χ1v) is 11.8. The second-order valence-electron chi connectivity index (χ2n) is 9.01. The highest BCUT2D eigenvalue weighted by molar-refractivity contribution is 6.12. The number of anilines is 1. The minimum atomic E-state index is -2.98. The number of nitrogens with zero attached hydrogens (tertiary/aromatic N) is 2. The number of carbonyl (C=O) groups is 1. The normalized spacial score (nSPS) is 17.1. The van der Waals surface area contributed by atoms with E-state index in [4.69, 9.17) is 21.9 Å². The summed E-state index contributed by atoms with van der Waals surface area (Å²) in [6.45, 7) is 5.76. The molecule has 1 aromatic carbocycles. The SMILES string of the molecule is C\C=C/C=C(\C(NCC(C)(F)F)=C(/C)CC)C1N=c2c([nH]c3cc(F)c(N)c(C=N)c23)=C(C(N)=O)N1C. The van der Waals surface area contributed by atoms with Crippen molar-refractivity contribution in [1.82, 2.24) is 15.2 Å². The van der Waals surface area contributed by atoms with E-state index in [-0.39, 0.29) is 33.2 Å². The van der Waals surface area contributed by atoms with Crippen LogP contribution in [0.1, 0.15) is 39.7 Å². The molecular formula is C26H32F3N7O. The predicted octanol–water partition coefficient (Wildman–Crippen LogP) is 2.80. The fraction of sp³-hybridized carbons (Fsp3) is 0.346. The summed E-state index contributed by atoms with van der Waals surface area (Å²) in [6.07, 6.45) is 5.89. The van der Waals surface area contributed by atoms with Gasteiger partial charge < -0.3 is 32.1 Å². The number of amides is 1. The van der Waals surface area contributed by atoms with E-state index in [0.29, 0.717) is 23.1 Å². The first kappa shape index (κ1) is 27.6. The Bertz CT molecular complexity index is 1460. The highest BCUT2D eigenvalue weighted by Crippen LogP contribution is 2.28. The Kier molecular flexibility index (Phi) is 7.85. The van der Waals surface area contributed by atoms with Crippen LogP contribution in [0.15, 0.2) is 46.1 Å². The zero-order valence-corrected chi connectivity index (χ0v) is 21.5. The van der Waals surface area contributed by atoms with Crippen LogP contribution in [0.2, 0.25) is 0 Å². The summed E-state index contributed by atoms with van der Waals surface area (Å²) in [5.74, 6) is -4.47. The summed E-state index contributed by atoms with van der Waals surface area (Å²) in [6, 6.07) is 1.17. The van der Waals surface area contributed by atoms with Crippen molar-refractivity contribution in [3.05, 3.63) is 63.2 Å². The first-order chi connectivity index (χ1) is 17.4. The molecule has 1 aliphatic heterocycles. The number of aromatic amines is 1. The number of primary amides is 1. The second kappa shape index (κ2) is 10.5. The molecule has 3 rings (SSSR count). The van der Waals surface area contributed by atoms with E-state index in [9.17, 15) is 18.0 Å². The van der Waals surface area contributed by atoms with E-state index < -0.39 is 30.4 Å². The van der Waals surface area contributed by atoms with Gasteiger partial charge in [-0.3, -0.25) is 9.79 Å². The van der Waals surface area contributed by atoms with Gasteiger partial charge in [0.2, 0.25) is 0 Å². The van der Waals surface area contributed by atoms with Crippen molar-refractivity contribution in [2.45, 2.75) is 46.2 Å². The summed E-state index contributed by atoms with van der Waals surface area (Å²) >= 11 is 0. The minimum absolute atomic E-state index is 0.0711. The van der Waals surface area contributed by atoms with Gasteiger partial charge in [0.1, 0.15) is 17.7 Å². The lowest BCUT2D eigenvalue weighted by molar-refractivity contribution is -0.113. The lowest BCUT2D eigenvalue weighted by Crippen LogP contribution is -2.49. The van der Waals surface area contributed by atoms with Crippen molar-refractivity contribution in [3.8, 4) is 0 Å². The third kappa shape index (κ3) is 5.25. The highest BCUT2D eigenvalue weighted by Gasteiger charge is 2.32. The van der Waals surface area contributed by atoms with E-state index in [0.717, 1.165) is 18.7 Å². The van der Waals surface area contributed by atoms with Crippen molar-refractivity contribution in [3.63, 3.8) is 0 Å². The topological polar surface area (TPSA) is 136 Å². The molecule has 0 bridgehead atoms. The van der Waals surface area contributed by atoms with Gasteiger partial charge in [0, 0.05) is 48.5 Å². The molecule has 1 aromatic heterocycles. The monoisotopic (exact) mass is 515 g/mol. The predicted molar refractivity (Wildman–Crippen MR) is 140 cm³/mol. The average Bonchev–Trinajstić information content (AvgIpc) is 3.17. The van der Waals surface area contributed by atoms with Crippen LogP contribution < -0.4 is 27.5 Å². The number of benzene rings is 1. The molecular weight excluding hydrogens is 483 g/mol. The molecule has 11 heteroatoms. The molecule has 1 aliphatic rings. The number of halogens is 3. The Hall–Kier alpha value is -4.02. The number of fused-ring (bicyclic) bond motifs is 3. The number of nitrogen functional groups attached to an aromatic ring is 1. The van der Waals surface area contributed by atoms with E-state index >= 15 is 0 Å². The van der Waals surface area contributed by atoms with Gasteiger partial charge in [-0.2, -0.15) is 0 Å². The quantitative estimate of drug-likeness (QED) is 0.199. The van der Waals surface area contributed by atoms with E-state index in [1.54, 1.807) is 30.2 Å². The Morgan fingerprint density at radius 2 is 2.08 bits per heavy atom. The van der Waals surface area contributed by atoms with Gasteiger partial charge in [0.25, 0.3) is 11.8 Å². The lowest BCUT2D eigenvalue weighted by atomic mass is 10.00. The van der Waals surface area contributed by atoms with Crippen LogP contribution in [0, 0.1) is 11.2 Å². The summed E-state index contributed by atoms with van der Waals surface area (Å²) in [4.78, 5) is 22.1. The maximum Gasteiger partial charge on any atom is 0.267 e. The maximum absolute atomic E-state index is 14.5. The zero-order chi connectivity index (χ0) is 27.7. The zero-order valence-electron chi connectivity index (χ0n) is 21.5. The molecule has 198 valence electrons. The molecule has 1 unspecified atom stereocenters. The molecule has 2 heterocycles. The summed E-state index contributed by atoms with van der Waals surface area (Å²) in [5, 5.41) is 11.6. The maximum atomic E-state index is 14.5. The molecule has 0 fully saturated rings. The molecule has 2 aromatic rings. The van der Waals surface area contributed by atoms with Crippen LogP contribution >= 0.6 is 0 Å². The van der Waals surface area contributed by atoms with Crippen LogP contribution in [0.4, 0.5) is 18.9 Å². The van der Waals surface area contributed by atoms with Crippen molar-refractivity contribution >= 4 is 34.4 Å². The third-order valence-electron chi connectivity index (χ3n) is 6.24. The van der Waals surface area contributed by atoms with Crippen molar-refractivity contribution < 1.29 is 18.0 Å². The minimum Gasteiger partial charge on any atom is -0.396 e. The average molecular weight is 516 g/mol. The highest BCUT2D eigenvalue weighted by atomic mass is 19.3. The number of likely N-dealkylation sites (N-methyl/N-ethyl adjacent to an activating group) is 1. The van der Waals surface area contributed by atoms with E-state index in [1.807, 2.05) is 20.8 Å². The Labute approximate surface area is 212 Å². The molecule has 0 saturated carbocycles. The molecule has 7 N–H and O–H groups in total. The molecule has 0 saturated heterocycles. The third-order valence-corrected chi connectivity index (χ3v) is 6.24. The Morgan fingerprint density at radius 3 is 2.62 bits per heavy atom. The number of nitrogens with one attached hydrogen (secondary N) is 3. The number of allylic oxidation sites excluding steroid dienone is 4. The van der Waals surface area contributed by atoms with Crippen molar-refractivity contribution in [2.75, 3.05) is 19.3 Å². The van der Waals surface area contributed by atoms with Gasteiger partial charge >= 0.3 is 0 Å². The number of hydrogen-bond acceptors (Lipinski definition) is 6. The summed E-state index contributed by atoms with van der Waals surface area (Å²) in [7, 11) is 1.62. The molecule has 37 heavy (non-hydrogen) atoms. The number of carbonyl (C=O) groups excluding carboxylic acids is 1. The van der Waals surface area contributed by atoms with E-state index in [2.05, 4.69) is 10.3 Å². The van der Waals surface area contributed by atoms with Crippen LogP contribution in [0.25, 0.3) is 16.6 Å². The number of H-pyrrole nitrogens is 1. The van der Waals surface area contributed by atoms with Gasteiger partial charge in [0.05, 0.1) is 28.5 Å². The number of nitrogens with two attached hydrogens (primary N) is 2. The standard InChI is InChI=1S/C26H32F3N7O/c1-6-8-9-14(20(13(3)7-2)33-12-26(4,28)29)25-35-21-18-15(11-30)19(31)16(27)10-17(18)34-22(21)23(24(32)37)36(25)5/h6,8-11,25,30,33-34H,7,12,31H2,1-5H3,(H2,32,37)/b8-6-,14-9+,20-13-,30-11?. The van der Waals surface area contributed by atoms with Crippen LogP contribution in [-0.4, -0.2) is 47.7 Å². The van der Waals surface area contributed by atoms with Crippen LogP contribution in [0.5, 0.6) is 0 Å². The van der Waals surface area contributed by atoms with Crippen molar-refractivity contribution in [1.29, 1.82) is 5.41 Å². The number of alkyl halides is 2. The molecule has 8 nitrogen and oxygen atoms in total. The molecule has 0 spiro atoms. The largest absolute Gasteiger partial charge is 0.396 e. The van der Waals surface area contributed by atoms with Crippen molar-refractivity contribution in [2.24, 2.45) is 10.7 Å². The molecule has 1 amide bonds. The van der Waals surface area contributed by atoms with Crippen LogP contribution in [0.3, 0.4) is 0 Å². The summed E-state index contributed by atoms with van der Waals surface area (Å²) in [5.41, 5.74) is 13.7. The lowest BCUT2D eigenvalue weighted by Gasteiger charge is -2.33. The Morgan fingerprint density at radius 1 is 1.41 bits per heavy atom. The summed E-state index contributed by atoms with van der Waals surface area (Å²) < 4.78 is 42.2. The number of rotatable bonds is 9. The smallest absolute Gasteiger partial charge is 0.267 e. The molecule has 0 aliphatic carbocycles. The number of aromatic nitrogens is 1. The van der Waals surface area contributed by atoms with Gasteiger partial charge in [0.15, 0.2) is 0 Å².